The smallest absolute Gasteiger partial charge is 0.338 e. The van der Waals surface area contributed by atoms with Crippen molar-refractivity contribution in [3.8, 4) is 0 Å². The molecule has 6 rings (SSSR count). The first-order valence-corrected chi connectivity index (χ1v) is 21.0. The standard InChI is InChI=1S/C39H56O10Si/c1-11-50(12-2,13-3)49-27-21-28-38(22-44-28,46-24(5)40)31-33(45-34(42)25-17-15-14-16-18-25)39(43)20-19-26(41)23(4)29(35(39,6)7)30-32(37(27,31)10)48-36(8,9)47-30/h14-18,27-28,30-33,43H,11-13,19-22H2,1-10H3/t27-,28+,30+,31-,32+,33-,37+,38-,39+/m0/s1. The number of fused-ring (bicyclic) bond motifs is 8. The van der Waals surface area contributed by atoms with Gasteiger partial charge in [-0.3, -0.25) is 9.59 Å². The minimum absolute atomic E-state index is 0.00535. The van der Waals surface area contributed by atoms with Crippen molar-refractivity contribution >= 4 is 26.0 Å². The summed E-state index contributed by atoms with van der Waals surface area (Å²) in [5.41, 5.74) is -3.90. The zero-order chi connectivity index (χ0) is 36.7. The monoisotopic (exact) mass is 712 g/mol. The fourth-order valence-corrected chi connectivity index (χ4v) is 13.2. The maximum Gasteiger partial charge on any atom is 0.338 e. The normalized spacial score (nSPS) is 38.7. The first kappa shape index (κ1) is 37.3. The molecule has 2 saturated heterocycles. The number of hydrogen-bond acceptors (Lipinski definition) is 10. The molecule has 0 aromatic heterocycles. The van der Waals surface area contributed by atoms with Gasteiger partial charge in [-0.05, 0) is 68.6 Å². The van der Waals surface area contributed by atoms with Crippen molar-refractivity contribution in [3.63, 3.8) is 0 Å². The third-order valence-corrected chi connectivity index (χ3v) is 18.0. The second-order valence-corrected chi connectivity index (χ2v) is 21.2. The molecule has 0 amide bonds. The van der Waals surface area contributed by atoms with Crippen molar-refractivity contribution in [2.75, 3.05) is 6.61 Å². The number of esters is 2. The van der Waals surface area contributed by atoms with Crippen LogP contribution in [0.15, 0.2) is 41.5 Å². The minimum Gasteiger partial charge on any atom is -0.455 e. The van der Waals surface area contributed by atoms with E-state index in [0.29, 0.717) is 23.1 Å². The van der Waals surface area contributed by atoms with Crippen LogP contribution in [0.2, 0.25) is 18.1 Å². The zero-order valence-corrected chi connectivity index (χ0v) is 32.4. The lowest BCUT2D eigenvalue weighted by molar-refractivity contribution is -0.359. The first-order chi connectivity index (χ1) is 23.4. The molecule has 50 heavy (non-hydrogen) atoms. The van der Waals surface area contributed by atoms with Crippen molar-refractivity contribution in [3.05, 3.63) is 47.0 Å². The first-order valence-electron chi connectivity index (χ1n) is 18.4. The van der Waals surface area contributed by atoms with Gasteiger partial charge in [-0.15, -0.1) is 0 Å². The molecule has 276 valence electrons. The minimum atomic E-state index is -2.33. The third kappa shape index (κ3) is 5.40. The van der Waals surface area contributed by atoms with Gasteiger partial charge in [0, 0.05) is 30.6 Å². The highest BCUT2D eigenvalue weighted by molar-refractivity contribution is 6.73. The van der Waals surface area contributed by atoms with Crippen LogP contribution < -0.4 is 0 Å². The third-order valence-electron chi connectivity index (χ3n) is 13.4. The Balaban J connectivity index is 1.70. The van der Waals surface area contributed by atoms with Gasteiger partial charge in [-0.1, -0.05) is 59.7 Å². The fraction of sp³-hybridized carbons (Fsp3) is 0.718. The molecule has 3 aliphatic carbocycles. The molecule has 0 unspecified atom stereocenters. The van der Waals surface area contributed by atoms with E-state index in [1.165, 1.54) is 6.92 Å². The second-order valence-electron chi connectivity index (χ2n) is 16.5. The lowest BCUT2D eigenvalue weighted by atomic mass is 9.46. The lowest BCUT2D eigenvalue weighted by Crippen LogP contribution is -2.82. The molecule has 2 saturated carbocycles. The van der Waals surface area contributed by atoms with Crippen LogP contribution in [0.1, 0.15) is 98.9 Å². The molecule has 2 aliphatic heterocycles. The molecule has 10 nitrogen and oxygen atoms in total. The molecule has 2 bridgehead atoms. The van der Waals surface area contributed by atoms with Crippen LogP contribution in [0.25, 0.3) is 0 Å². The number of carbonyl (C=O) groups is 3. The van der Waals surface area contributed by atoms with E-state index in [9.17, 15) is 19.5 Å². The summed E-state index contributed by atoms with van der Waals surface area (Å²) in [6.07, 6.45) is -3.45. The molecule has 5 aliphatic rings. The second kappa shape index (κ2) is 12.6. The Morgan fingerprint density at radius 1 is 1.00 bits per heavy atom. The molecular weight excluding hydrogens is 657 g/mol. The predicted octanol–water partition coefficient (Wildman–Crippen LogP) is 6.30. The van der Waals surface area contributed by atoms with Crippen molar-refractivity contribution in [1.82, 2.24) is 0 Å². The summed E-state index contributed by atoms with van der Waals surface area (Å²) < 4.78 is 40.7. The number of carbonyl (C=O) groups excluding carboxylic acids is 3. The van der Waals surface area contributed by atoms with Crippen LogP contribution in [0.5, 0.6) is 0 Å². The van der Waals surface area contributed by atoms with E-state index in [0.717, 1.165) is 18.1 Å². The van der Waals surface area contributed by atoms with E-state index in [4.69, 9.17) is 28.1 Å². The Labute approximate surface area is 297 Å². The quantitative estimate of drug-likeness (QED) is 0.242. The van der Waals surface area contributed by atoms with E-state index in [1.807, 2.05) is 33.8 Å². The molecule has 1 aromatic rings. The van der Waals surface area contributed by atoms with Crippen LogP contribution in [0, 0.1) is 16.7 Å². The zero-order valence-electron chi connectivity index (χ0n) is 31.4. The van der Waals surface area contributed by atoms with E-state index in [2.05, 4.69) is 27.7 Å². The largest absolute Gasteiger partial charge is 0.455 e. The Kier molecular flexibility index (Phi) is 9.43. The van der Waals surface area contributed by atoms with E-state index >= 15 is 0 Å². The predicted molar refractivity (Wildman–Crippen MR) is 188 cm³/mol. The fourth-order valence-electron chi connectivity index (χ4n) is 10.3. The number of benzene rings is 1. The highest BCUT2D eigenvalue weighted by Gasteiger charge is 2.79. The average Bonchev–Trinajstić information content (AvgIpc) is 3.36. The van der Waals surface area contributed by atoms with Crippen LogP contribution in [0.3, 0.4) is 0 Å². The highest BCUT2D eigenvalue weighted by Crippen LogP contribution is 2.67. The molecule has 1 aromatic carbocycles. The number of ether oxygens (including phenoxy) is 5. The van der Waals surface area contributed by atoms with Crippen LogP contribution in [-0.2, 0) is 37.7 Å². The van der Waals surface area contributed by atoms with Crippen LogP contribution >= 0.6 is 0 Å². The van der Waals surface area contributed by atoms with Gasteiger partial charge in [0.25, 0.3) is 0 Å². The number of hydrogen-bond donors (Lipinski definition) is 1. The number of aliphatic hydroxyl groups is 1. The van der Waals surface area contributed by atoms with Gasteiger partial charge in [0.15, 0.2) is 25.5 Å². The molecule has 9 atom stereocenters. The molecule has 11 heteroatoms. The van der Waals surface area contributed by atoms with Crippen molar-refractivity contribution in [2.24, 2.45) is 16.7 Å². The average molecular weight is 713 g/mol. The summed E-state index contributed by atoms with van der Waals surface area (Å²) in [6, 6.07) is 11.3. The lowest BCUT2D eigenvalue weighted by Gasteiger charge is -2.69. The Morgan fingerprint density at radius 2 is 1.64 bits per heavy atom. The Morgan fingerprint density at radius 3 is 2.20 bits per heavy atom. The van der Waals surface area contributed by atoms with Gasteiger partial charge in [0.05, 0.1) is 30.3 Å². The topological polar surface area (TPSA) is 127 Å². The molecule has 2 heterocycles. The van der Waals surface area contributed by atoms with Gasteiger partial charge in [-0.25, -0.2) is 4.79 Å². The van der Waals surface area contributed by atoms with E-state index < -0.39 is 84.5 Å². The van der Waals surface area contributed by atoms with Crippen LogP contribution in [0.4, 0.5) is 0 Å². The summed E-state index contributed by atoms with van der Waals surface area (Å²) in [4.78, 5) is 41.4. The summed E-state index contributed by atoms with van der Waals surface area (Å²) in [5, 5.41) is 13.6. The summed E-state index contributed by atoms with van der Waals surface area (Å²) in [5.74, 6) is -3.21. The summed E-state index contributed by atoms with van der Waals surface area (Å²) in [7, 11) is -2.33. The van der Waals surface area contributed by atoms with Gasteiger partial charge < -0.3 is 33.2 Å². The van der Waals surface area contributed by atoms with Gasteiger partial charge >= 0.3 is 11.9 Å². The van der Waals surface area contributed by atoms with E-state index in [-0.39, 0.29) is 25.2 Å². The molecule has 4 fully saturated rings. The SMILES string of the molecule is CC[Si](CC)(CC)O[C@H]1C[C@H]2OC[C@@]2(OC(C)=O)[C@H]2[C@H](OC(=O)c3ccccc3)[C@]3(O)CCC(=O)C(C)=C([C@H]4OC(C)(C)O[C@H]4[C@]12C)C3(C)C. The molecule has 0 radical (unpaired) electrons. The summed E-state index contributed by atoms with van der Waals surface area (Å²) >= 11 is 0. The Hall–Kier alpha value is -2.41. The number of Topliss-reactive ketones (excluding diaryl/α,β-unsaturated/α-hetero) is 1. The van der Waals surface area contributed by atoms with E-state index in [1.54, 1.807) is 31.2 Å². The highest BCUT2D eigenvalue weighted by atomic mass is 28.4. The van der Waals surface area contributed by atoms with Crippen molar-refractivity contribution in [1.29, 1.82) is 0 Å². The molecule has 0 spiro atoms. The van der Waals surface area contributed by atoms with Gasteiger partial charge in [0.1, 0.15) is 23.9 Å². The Bertz CT molecular complexity index is 1540. The molecule has 1 N–H and O–H groups in total. The number of allylic oxidation sites excluding steroid dienone is 1. The number of ketones is 1. The number of rotatable bonds is 8. The maximum absolute atomic E-state index is 14.3. The van der Waals surface area contributed by atoms with Crippen LogP contribution in [-0.4, -0.2) is 85.3 Å². The maximum atomic E-state index is 14.3. The van der Waals surface area contributed by atoms with Gasteiger partial charge in [-0.2, -0.15) is 0 Å². The van der Waals surface area contributed by atoms with Gasteiger partial charge in [0.2, 0.25) is 0 Å². The molecular formula is C39H56O10Si. The van der Waals surface area contributed by atoms with Crippen molar-refractivity contribution in [2.45, 2.75) is 154 Å². The summed E-state index contributed by atoms with van der Waals surface area (Å²) in [6.45, 7) is 19.3. The van der Waals surface area contributed by atoms with Crippen molar-refractivity contribution < 1.29 is 47.6 Å².